The van der Waals surface area contributed by atoms with Crippen LogP contribution in [0.5, 0.6) is 0 Å². The van der Waals surface area contributed by atoms with Gasteiger partial charge in [0.05, 0.1) is 16.4 Å². The number of rotatable bonds is 8. The molecule has 1 fully saturated rings. The predicted molar refractivity (Wildman–Crippen MR) is 95.8 cm³/mol. The highest BCUT2D eigenvalue weighted by atomic mass is 32.2. The molecule has 1 aromatic rings. The van der Waals surface area contributed by atoms with Crippen LogP contribution in [-0.4, -0.2) is 67.9 Å². The van der Waals surface area contributed by atoms with Gasteiger partial charge in [-0.3, -0.25) is 0 Å². The third-order valence-corrected chi connectivity index (χ3v) is 6.91. The number of piperidine rings is 1. The summed E-state index contributed by atoms with van der Waals surface area (Å²) in [6, 6.07) is 5.28. The van der Waals surface area contributed by atoms with E-state index in [1.54, 1.807) is 7.11 Å². The van der Waals surface area contributed by atoms with Crippen molar-refractivity contribution in [2.24, 2.45) is 5.92 Å². The molecule has 1 saturated heterocycles. The van der Waals surface area contributed by atoms with E-state index < -0.39 is 19.9 Å². The Kier molecular flexibility index (Phi) is 6.98. The maximum atomic E-state index is 12.4. The highest BCUT2D eigenvalue weighted by molar-refractivity contribution is 7.90. The molecule has 0 amide bonds. The van der Waals surface area contributed by atoms with E-state index in [2.05, 4.69) is 9.62 Å². The minimum atomic E-state index is -3.64. The minimum Gasteiger partial charge on any atom is -0.383 e. The number of nitrogens with one attached hydrogen (secondary N) is 1. The highest BCUT2D eigenvalue weighted by Gasteiger charge is 2.22. The maximum absolute atomic E-state index is 12.4. The molecule has 2 rings (SSSR count). The number of benzene rings is 1. The first-order valence-corrected chi connectivity index (χ1v) is 11.6. The summed E-state index contributed by atoms with van der Waals surface area (Å²) in [4.78, 5) is 2.46. The average molecular weight is 391 g/mol. The summed E-state index contributed by atoms with van der Waals surface area (Å²) < 4.78 is 55.4. The maximum Gasteiger partial charge on any atom is 0.240 e. The van der Waals surface area contributed by atoms with Crippen LogP contribution in [0.4, 0.5) is 0 Å². The summed E-state index contributed by atoms with van der Waals surface area (Å²) in [6.07, 6.45) is 3.12. The molecule has 1 atom stereocenters. The zero-order valence-corrected chi connectivity index (χ0v) is 16.3. The van der Waals surface area contributed by atoms with Crippen LogP contribution in [0.1, 0.15) is 12.8 Å². The molecular weight excluding hydrogens is 364 g/mol. The fraction of sp³-hybridized carbons (Fsp3) is 0.625. The lowest BCUT2D eigenvalue weighted by atomic mass is 9.98. The van der Waals surface area contributed by atoms with E-state index in [9.17, 15) is 16.8 Å². The molecule has 0 aromatic heterocycles. The molecule has 0 radical (unpaired) electrons. The summed E-state index contributed by atoms with van der Waals surface area (Å²) in [7, 11) is -5.31. The van der Waals surface area contributed by atoms with Crippen LogP contribution in [-0.2, 0) is 24.6 Å². The molecule has 1 aliphatic heterocycles. The van der Waals surface area contributed by atoms with Crippen molar-refractivity contribution in [2.75, 3.05) is 46.2 Å². The molecule has 9 heteroatoms. The monoisotopic (exact) mass is 390 g/mol. The van der Waals surface area contributed by atoms with Gasteiger partial charge in [0.25, 0.3) is 0 Å². The Morgan fingerprint density at radius 2 is 1.80 bits per heavy atom. The molecule has 0 aliphatic carbocycles. The largest absolute Gasteiger partial charge is 0.383 e. The van der Waals surface area contributed by atoms with Crippen molar-refractivity contribution in [3.63, 3.8) is 0 Å². The van der Waals surface area contributed by atoms with Gasteiger partial charge < -0.3 is 9.64 Å². The second-order valence-electron chi connectivity index (χ2n) is 6.40. The highest BCUT2D eigenvalue weighted by Crippen LogP contribution is 2.18. The number of sulfone groups is 1. The lowest BCUT2D eigenvalue weighted by Gasteiger charge is -2.32. The molecule has 0 saturated carbocycles. The minimum absolute atomic E-state index is 0.0759. The zero-order chi connectivity index (χ0) is 18.5. The van der Waals surface area contributed by atoms with E-state index in [-0.39, 0.29) is 15.7 Å². The SMILES string of the molecule is COCCN1CCC[C@H](CNS(=O)(=O)c2ccc(S(C)(=O)=O)cc2)C1. The van der Waals surface area contributed by atoms with Crippen LogP contribution < -0.4 is 4.72 Å². The summed E-state index contributed by atoms with van der Waals surface area (Å²) in [6.45, 7) is 3.76. The first-order chi connectivity index (χ1) is 11.7. The van der Waals surface area contributed by atoms with Crippen LogP contribution >= 0.6 is 0 Å². The number of sulfonamides is 1. The van der Waals surface area contributed by atoms with E-state index in [1.165, 1.54) is 24.3 Å². The number of nitrogens with zero attached hydrogens (tertiary/aromatic N) is 1. The Morgan fingerprint density at radius 1 is 1.16 bits per heavy atom. The van der Waals surface area contributed by atoms with Gasteiger partial charge in [-0.1, -0.05) is 0 Å². The second kappa shape index (κ2) is 8.59. The van der Waals surface area contributed by atoms with E-state index in [0.717, 1.165) is 38.7 Å². The fourth-order valence-electron chi connectivity index (χ4n) is 2.92. The second-order valence-corrected chi connectivity index (χ2v) is 10.2. The molecule has 142 valence electrons. The van der Waals surface area contributed by atoms with Gasteiger partial charge >= 0.3 is 0 Å². The van der Waals surface area contributed by atoms with Crippen molar-refractivity contribution in [1.82, 2.24) is 9.62 Å². The van der Waals surface area contributed by atoms with E-state index >= 15 is 0 Å². The number of ether oxygens (including phenoxy) is 1. The van der Waals surface area contributed by atoms with Crippen LogP contribution in [0.15, 0.2) is 34.1 Å². The van der Waals surface area contributed by atoms with Gasteiger partial charge in [-0.15, -0.1) is 0 Å². The fourth-order valence-corrected chi connectivity index (χ4v) is 4.66. The molecule has 7 nitrogen and oxygen atoms in total. The molecule has 0 bridgehead atoms. The summed E-state index contributed by atoms with van der Waals surface area (Å²) in [5.41, 5.74) is 0. The van der Waals surface area contributed by atoms with Crippen LogP contribution in [0.2, 0.25) is 0 Å². The molecule has 0 unspecified atom stereocenters. The predicted octanol–water partition coefficient (Wildman–Crippen LogP) is 0.727. The van der Waals surface area contributed by atoms with Crippen molar-refractivity contribution >= 4 is 19.9 Å². The normalized spacial score (nSPS) is 19.8. The zero-order valence-electron chi connectivity index (χ0n) is 14.6. The van der Waals surface area contributed by atoms with Crippen molar-refractivity contribution in [1.29, 1.82) is 0 Å². The Hall–Kier alpha value is -1.00. The molecule has 1 heterocycles. The van der Waals surface area contributed by atoms with Crippen molar-refractivity contribution < 1.29 is 21.6 Å². The Morgan fingerprint density at radius 3 is 2.40 bits per heavy atom. The summed E-state index contributed by atoms with van der Waals surface area (Å²) in [5.74, 6) is 0.260. The Balaban J connectivity index is 1.95. The van der Waals surface area contributed by atoms with Gasteiger partial charge in [-0.05, 0) is 49.6 Å². The van der Waals surface area contributed by atoms with Gasteiger partial charge in [-0.25, -0.2) is 21.6 Å². The van der Waals surface area contributed by atoms with Crippen LogP contribution in [0, 0.1) is 5.92 Å². The summed E-state index contributed by atoms with van der Waals surface area (Å²) >= 11 is 0. The van der Waals surface area contributed by atoms with Gasteiger partial charge in [0, 0.05) is 33.0 Å². The average Bonchev–Trinajstić information content (AvgIpc) is 2.58. The number of hydrogen-bond acceptors (Lipinski definition) is 6. The standard InChI is InChI=1S/C16H26N2O5S2/c1-23-11-10-18-9-3-4-14(13-18)12-17-25(21,22)16-7-5-15(6-8-16)24(2,19)20/h5-8,14,17H,3-4,9-13H2,1-2H3/t14-/m1/s1. The molecule has 1 N–H and O–H groups in total. The van der Waals surface area contributed by atoms with Gasteiger partial charge in [0.1, 0.15) is 0 Å². The van der Waals surface area contributed by atoms with Crippen molar-refractivity contribution in [3.8, 4) is 0 Å². The van der Waals surface area contributed by atoms with Gasteiger partial charge in [0.2, 0.25) is 10.0 Å². The van der Waals surface area contributed by atoms with E-state index in [4.69, 9.17) is 4.74 Å². The number of hydrogen-bond donors (Lipinski definition) is 1. The van der Waals surface area contributed by atoms with E-state index in [0.29, 0.717) is 13.2 Å². The van der Waals surface area contributed by atoms with Gasteiger partial charge in [0.15, 0.2) is 9.84 Å². The third-order valence-electron chi connectivity index (χ3n) is 4.34. The molecular formula is C16H26N2O5S2. The molecule has 1 aromatic carbocycles. The first-order valence-electron chi connectivity index (χ1n) is 8.23. The van der Waals surface area contributed by atoms with Crippen molar-refractivity contribution in [2.45, 2.75) is 22.6 Å². The topological polar surface area (TPSA) is 92.8 Å². The quantitative estimate of drug-likeness (QED) is 0.703. The lowest BCUT2D eigenvalue weighted by Crippen LogP contribution is -2.42. The Labute approximate surface area is 150 Å². The smallest absolute Gasteiger partial charge is 0.240 e. The number of methoxy groups -OCH3 is 1. The third kappa shape index (κ3) is 6.03. The Bertz CT molecular complexity index is 760. The van der Waals surface area contributed by atoms with Crippen molar-refractivity contribution in [3.05, 3.63) is 24.3 Å². The first kappa shape index (κ1) is 20.3. The van der Waals surface area contributed by atoms with Crippen LogP contribution in [0.25, 0.3) is 0 Å². The summed E-state index contributed by atoms with van der Waals surface area (Å²) in [5, 5.41) is 0. The molecule has 0 spiro atoms. The van der Waals surface area contributed by atoms with Gasteiger partial charge in [-0.2, -0.15) is 0 Å². The lowest BCUT2D eigenvalue weighted by molar-refractivity contribution is 0.115. The number of likely N-dealkylation sites (tertiary alicyclic amines) is 1. The molecule has 1 aliphatic rings. The van der Waals surface area contributed by atoms with Crippen LogP contribution in [0.3, 0.4) is 0 Å². The molecule has 25 heavy (non-hydrogen) atoms. The van der Waals surface area contributed by atoms with E-state index in [1.807, 2.05) is 0 Å².